The van der Waals surface area contributed by atoms with E-state index in [-0.39, 0.29) is 17.1 Å². The Balaban J connectivity index is 2.13. The summed E-state index contributed by atoms with van der Waals surface area (Å²) < 4.78 is 1.16. The third-order valence-corrected chi connectivity index (χ3v) is 3.27. The smallest absolute Gasteiger partial charge is 0.282 e. The van der Waals surface area contributed by atoms with Crippen molar-refractivity contribution >= 4 is 17.1 Å². The first-order valence-corrected chi connectivity index (χ1v) is 6.61. The maximum absolute atomic E-state index is 12.4. The van der Waals surface area contributed by atoms with Gasteiger partial charge in [-0.2, -0.15) is 9.78 Å². The van der Waals surface area contributed by atoms with Crippen LogP contribution in [0.25, 0.3) is 10.9 Å². The van der Waals surface area contributed by atoms with E-state index in [0.717, 1.165) is 4.68 Å². The van der Waals surface area contributed by atoms with Gasteiger partial charge in [-0.3, -0.25) is 4.79 Å². The van der Waals surface area contributed by atoms with Crippen molar-refractivity contribution in [3.63, 3.8) is 0 Å². The maximum atomic E-state index is 12.4. The number of aromatic hydroxyl groups is 2. The van der Waals surface area contributed by atoms with E-state index < -0.39 is 0 Å². The van der Waals surface area contributed by atoms with Crippen LogP contribution < -0.4 is 5.56 Å². The third-order valence-electron chi connectivity index (χ3n) is 3.27. The van der Waals surface area contributed by atoms with Crippen molar-refractivity contribution in [2.24, 2.45) is 5.10 Å². The Morgan fingerprint density at radius 1 is 1.14 bits per heavy atom. The molecule has 3 rings (SSSR count). The summed E-state index contributed by atoms with van der Waals surface area (Å²) in [5.41, 5.74) is 0.620. The van der Waals surface area contributed by atoms with E-state index in [2.05, 4.69) is 10.1 Å². The lowest BCUT2D eigenvalue weighted by Crippen LogP contribution is -2.20. The molecule has 2 aromatic carbocycles. The van der Waals surface area contributed by atoms with Crippen LogP contribution in [0.4, 0.5) is 0 Å². The second-order valence-electron chi connectivity index (χ2n) is 4.75. The van der Waals surface area contributed by atoms with Gasteiger partial charge in [0.25, 0.3) is 5.56 Å². The SMILES string of the molecule is Cc1nc2ccccc2c(=O)n1/N=C/c1cccc(O)c1O. The van der Waals surface area contributed by atoms with Crippen LogP contribution in [0.15, 0.2) is 52.4 Å². The molecule has 110 valence electrons. The highest BCUT2D eigenvalue weighted by Gasteiger charge is 2.07. The molecule has 6 heteroatoms. The van der Waals surface area contributed by atoms with E-state index in [4.69, 9.17) is 0 Å². The summed E-state index contributed by atoms with van der Waals surface area (Å²) >= 11 is 0. The lowest BCUT2D eigenvalue weighted by molar-refractivity contribution is 0.403. The molecule has 0 fully saturated rings. The van der Waals surface area contributed by atoms with Crippen molar-refractivity contribution in [3.05, 3.63) is 64.2 Å². The van der Waals surface area contributed by atoms with Gasteiger partial charge in [0.1, 0.15) is 5.82 Å². The van der Waals surface area contributed by atoms with E-state index in [0.29, 0.717) is 22.3 Å². The van der Waals surface area contributed by atoms with Crippen molar-refractivity contribution in [2.45, 2.75) is 6.92 Å². The third kappa shape index (κ3) is 2.31. The fraction of sp³-hybridized carbons (Fsp3) is 0.0625. The molecule has 1 aromatic heterocycles. The van der Waals surface area contributed by atoms with Gasteiger partial charge in [-0.15, -0.1) is 0 Å². The average molecular weight is 295 g/mol. The Hall–Kier alpha value is -3.15. The van der Waals surface area contributed by atoms with Crippen molar-refractivity contribution in [3.8, 4) is 11.5 Å². The Morgan fingerprint density at radius 3 is 2.73 bits per heavy atom. The number of phenolic OH excluding ortho intramolecular Hbond substituents is 2. The number of hydrogen-bond donors (Lipinski definition) is 2. The van der Waals surface area contributed by atoms with Crippen molar-refractivity contribution in [1.29, 1.82) is 0 Å². The zero-order valence-electron chi connectivity index (χ0n) is 11.8. The minimum Gasteiger partial charge on any atom is -0.504 e. The van der Waals surface area contributed by atoms with E-state index in [1.165, 1.54) is 12.3 Å². The van der Waals surface area contributed by atoms with Crippen LogP contribution in [0, 0.1) is 6.92 Å². The number of aromatic nitrogens is 2. The number of fused-ring (bicyclic) bond motifs is 1. The molecule has 22 heavy (non-hydrogen) atoms. The molecule has 6 nitrogen and oxygen atoms in total. The van der Waals surface area contributed by atoms with Crippen molar-refractivity contribution in [1.82, 2.24) is 9.66 Å². The first kappa shape index (κ1) is 13.8. The van der Waals surface area contributed by atoms with Gasteiger partial charge >= 0.3 is 0 Å². The second-order valence-corrected chi connectivity index (χ2v) is 4.75. The van der Waals surface area contributed by atoms with E-state index in [1.54, 1.807) is 37.3 Å². The van der Waals surface area contributed by atoms with Gasteiger partial charge in [0, 0.05) is 5.56 Å². The van der Waals surface area contributed by atoms with Crippen LogP contribution in [0.1, 0.15) is 11.4 Å². The lowest BCUT2D eigenvalue weighted by atomic mass is 10.2. The lowest BCUT2D eigenvalue weighted by Gasteiger charge is -2.05. The number of benzene rings is 2. The molecule has 2 N–H and O–H groups in total. The normalized spacial score (nSPS) is 11.3. The zero-order valence-corrected chi connectivity index (χ0v) is 11.8. The van der Waals surface area contributed by atoms with Crippen LogP contribution in [-0.2, 0) is 0 Å². The number of para-hydroxylation sites is 2. The molecule has 0 atom stereocenters. The topological polar surface area (TPSA) is 87.7 Å². The van der Waals surface area contributed by atoms with Crippen LogP contribution in [0.3, 0.4) is 0 Å². The molecular weight excluding hydrogens is 282 g/mol. The summed E-state index contributed by atoms with van der Waals surface area (Å²) in [6.07, 6.45) is 1.31. The quantitative estimate of drug-likeness (QED) is 0.559. The van der Waals surface area contributed by atoms with E-state index >= 15 is 0 Å². The van der Waals surface area contributed by atoms with Crippen LogP contribution in [-0.4, -0.2) is 26.1 Å². The van der Waals surface area contributed by atoms with Gasteiger partial charge in [0.15, 0.2) is 11.5 Å². The molecule has 3 aromatic rings. The first-order chi connectivity index (χ1) is 10.6. The van der Waals surface area contributed by atoms with E-state index in [9.17, 15) is 15.0 Å². The Morgan fingerprint density at radius 2 is 1.91 bits per heavy atom. The summed E-state index contributed by atoms with van der Waals surface area (Å²) in [6, 6.07) is 11.5. The largest absolute Gasteiger partial charge is 0.504 e. The highest BCUT2D eigenvalue weighted by atomic mass is 16.3. The standard InChI is InChI=1S/C16H13N3O3/c1-10-18-13-7-3-2-6-12(13)16(22)19(10)17-9-11-5-4-8-14(20)15(11)21/h2-9,20-21H,1H3/b17-9+. The Bertz CT molecular complexity index is 945. The molecule has 0 spiro atoms. The van der Waals surface area contributed by atoms with Crippen LogP contribution in [0.5, 0.6) is 11.5 Å². The number of rotatable bonds is 2. The van der Waals surface area contributed by atoms with Crippen LogP contribution in [0.2, 0.25) is 0 Å². The number of phenols is 2. The molecular formula is C16H13N3O3. The fourth-order valence-electron chi connectivity index (χ4n) is 2.14. The highest BCUT2D eigenvalue weighted by molar-refractivity contribution is 5.84. The molecule has 0 aliphatic rings. The van der Waals surface area contributed by atoms with Gasteiger partial charge in [0.05, 0.1) is 17.1 Å². The molecule has 0 saturated carbocycles. The van der Waals surface area contributed by atoms with Crippen LogP contribution >= 0.6 is 0 Å². The van der Waals surface area contributed by atoms with E-state index in [1.807, 2.05) is 6.07 Å². The zero-order chi connectivity index (χ0) is 15.7. The molecule has 1 heterocycles. The van der Waals surface area contributed by atoms with Crippen molar-refractivity contribution in [2.75, 3.05) is 0 Å². The minimum absolute atomic E-state index is 0.246. The van der Waals surface area contributed by atoms with Crippen molar-refractivity contribution < 1.29 is 10.2 Å². The molecule has 0 saturated heterocycles. The molecule has 0 aliphatic carbocycles. The summed E-state index contributed by atoms with van der Waals surface area (Å²) in [4.78, 5) is 16.7. The monoisotopic (exact) mass is 295 g/mol. The van der Waals surface area contributed by atoms with Gasteiger partial charge in [-0.1, -0.05) is 18.2 Å². The maximum Gasteiger partial charge on any atom is 0.282 e. The summed E-state index contributed by atoms with van der Waals surface area (Å²) in [5.74, 6) is -0.102. The van der Waals surface area contributed by atoms with Gasteiger partial charge in [-0.05, 0) is 31.2 Å². The summed E-state index contributed by atoms with van der Waals surface area (Å²) in [7, 11) is 0. The highest BCUT2D eigenvalue weighted by Crippen LogP contribution is 2.26. The fourth-order valence-corrected chi connectivity index (χ4v) is 2.14. The Kier molecular flexibility index (Phi) is 3.34. The number of hydrogen-bond acceptors (Lipinski definition) is 5. The molecule has 0 bridgehead atoms. The predicted molar refractivity (Wildman–Crippen MR) is 83.5 cm³/mol. The van der Waals surface area contributed by atoms with Gasteiger partial charge in [0.2, 0.25) is 0 Å². The first-order valence-electron chi connectivity index (χ1n) is 6.61. The molecule has 0 amide bonds. The summed E-state index contributed by atoms with van der Waals surface area (Å²) in [6.45, 7) is 1.67. The summed E-state index contributed by atoms with van der Waals surface area (Å²) in [5, 5.41) is 23.7. The Labute approximate surface area is 125 Å². The number of aryl methyl sites for hydroxylation is 1. The number of nitrogens with zero attached hydrogens (tertiary/aromatic N) is 3. The molecule has 0 radical (unpaired) electrons. The van der Waals surface area contributed by atoms with Gasteiger partial charge < -0.3 is 10.2 Å². The average Bonchev–Trinajstić information content (AvgIpc) is 2.51. The minimum atomic E-state index is -0.293. The second kappa shape index (κ2) is 5.33. The molecule has 0 unspecified atom stereocenters. The van der Waals surface area contributed by atoms with Gasteiger partial charge in [-0.25, -0.2) is 4.98 Å². The molecule has 0 aliphatic heterocycles. The predicted octanol–water partition coefficient (Wildman–Crippen LogP) is 2.00.